The van der Waals surface area contributed by atoms with Crippen LogP contribution in [0.4, 0.5) is 13.2 Å². The van der Waals surface area contributed by atoms with Crippen molar-refractivity contribution in [1.82, 2.24) is 5.32 Å². The maximum Gasteiger partial charge on any atom is 0.389 e. The van der Waals surface area contributed by atoms with E-state index >= 15 is 0 Å². The molecule has 15 heavy (non-hydrogen) atoms. The molecule has 0 aromatic carbocycles. The highest BCUT2D eigenvalue weighted by Crippen LogP contribution is 2.21. The fraction of sp³-hybridized carbons (Fsp3) is 0.778. The van der Waals surface area contributed by atoms with Crippen LogP contribution in [0.1, 0.15) is 32.6 Å². The number of halogens is 3. The van der Waals surface area contributed by atoms with Crippen LogP contribution in [-0.4, -0.2) is 18.1 Å². The first-order valence-corrected chi connectivity index (χ1v) is 4.62. The lowest BCUT2D eigenvalue weighted by molar-refractivity contribution is -0.144. The first kappa shape index (κ1) is 13.8. The molecule has 6 heteroatoms. The minimum Gasteiger partial charge on any atom is -0.352 e. The molecule has 0 rings (SSSR count). The van der Waals surface area contributed by atoms with Gasteiger partial charge in [-0.3, -0.25) is 4.79 Å². The molecule has 0 aliphatic carbocycles. The Morgan fingerprint density at radius 1 is 1.53 bits per heavy atom. The Labute approximate surface area is 86.3 Å². The Kier molecular flexibility index (Phi) is 5.75. The highest BCUT2D eigenvalue weighted by molar-refractivity contribution is 5.76. The van der Waals surface area contributed by atoms with E-state index in [2.05, 4.69) is 5.32 Å². The molecule has 0 saturated carbocycles. The molecule has 0 radical (unpaired) electrons. The van der Waals surface area contributed by atoms with E-state index in [-0.39, 0.29) is 12.5 Å². The van der Waals surface area contributed by atoms with Gasteiger partial charge in [0, 0.05) is 12.5 Å². The normalized spacial score (nSPS) is 13.0. The molecule has 0 aromatic heterocycles. The smallest absolute Gasteiger partial charge is 0.352 e. The monoisotopic (exact) mass is 222 g/mol. The van der Waals surface area contributed by atoms with Gasteiger partial charge in [-0.05, 0) is 6.42 Å². The molecule has 86 valence electrons. The molecule has 0 aliphatic rings. The molecule has 1 atom stereocenters. The van der Waals surface area contributed by atoms with Crippen LogP contribution < -0.4 is 5.32 Å². The summed E-state index contributed by atoms with van der Waals surface area (Å²) in [4.78, 5) is 11.0. The van der Waals surface area contributed by atoms with Gasteiger partial charge in [-0.15, -0.1) is 0 Å². The number of carbonyl (C=O) groups is 1. The number of nitrogens with zero attached hydrogens (tertiary/aromatic N) is 1. The second kappa shape index (κ2) is 6.27. The van der Waals surface area contributed by atoms with Gasteiger partial charge in [0.15, 0.2) is 0 Å². The average Bonchev–Trinajstić information content (AvgIpc) is 2.13. The number of rotatable bonds is 5. The summed E-state index contributed by atoms with van der Waals surface area (Å²) >= 11 is 0. The van der Waals surface area contributed by atoms with Crippen molar-refractivity contribution in [2.75, 3.05) is 0 Å². The first-order chi connectivity index (χ1) is 6.89. The maximum atomic E-state index is 11.8. The molecule has 0 saturated heterocycles. The summed E-state index contributed by atoms with van der Waals surface area (Å²) in [7, 11) is 0. The van der Waals surface area contributed by atoms with Crippen molar-refractivity contribution in [3.8, 4) is 6.07 Å². The molecule has 0 aliphatic heterocycles. The van der Waals surface area contributed by atoms with Crippen LogP contribution in [0.2, 0.25) is 0 Å². The van der Waals surface area contributed by atoms with Crippen LogP contribution in [0.3, 0.4) is 0 Å². The fourth-order valence-electron chi connectivity index (χ4n) is 0.963. The van der Waals surface area contributed by atoms with Crippen molar-refractivity contribution in [1.29, 1.82) is 5.26 Å². The van der Waals surface area contributed by atoms with E-state index in [4.69, 9.17) is 5.26 Å². The Balaban J connectivity index is 3.87. The SMILES string of the molecule is CCC(CC#N)NC(=O)CCC(F)(F)F. The molecule has 0 aromatic rings. The van der Waals surface area contributed by atoms with E-state index in [1.807, 2.05) is 6.07 Å². The van der Waals surface area contributed by atoms with Gasteiger partial charge in [0.2, 0.25) is 5.91 Å². The van der Waals surface area contributed by atoms with E-state index in [1.54, 1.807) is 6.92 Å². The Morgan fingerprint density at radius 3 is 2.53 bits per heavy atom. The van der Waals surface area contributed by atoms with Gasteiger partial charge in [-0.2, -0.15) is 18.4 Å². The summed E-state index contributed by atoms with van der Waals surface area (Å²) in [6.07, 6.45) is -5.36. The van der Waals surface area contributed by atoms with Gasteiger partial charge >= 0.3 is 6.18 Å². The number of nitrogens with one attached hydrogen (secondary N) is 1. The zero-order valence-corrected chi connectivity index (χ0v) is 8.40. The summed E-state index contributed by atoms with van der Waals surface area (Å²) in [6.45, 7) is 1.76. The predicted octanol–water partition coefficient (Wildman–Crippen LogP) is 2.14. The summed E-state index contributed by atoms with van der Waals surface area (Å²) in [5.41, 5.74) is 0. The summed E-state index contributed by atoms with van der Waals surface area (Å²) in [6, 6.07) is 1.51. The van der Waals surface area contributed by atoms with Crippen molar-refractivity contribution in [2.45, 2.75) is 44.8 Å². The van der Waals surface area contributed by atoms with Crippen LogP contribution in [-0.2, 0) is 4.79 Å². The standard InChI is InChI=1S/C9H13F3N2O/c1-2-7(4-6-13)14-8(15)3-5-9(10,11)12/h7H,2-5H2,1H3,(H,14,15). The molecular formula is C9H13F3N2O. The fourth-order valence-corrected chi connectivity index (χ4v) is 0.963. The molecule has 1 N–H and O–H groups in total. The van der Waals surface area contributed by atoms with Crippen molar-refractivity contribution >= 4 is 5.91 Å². The zero-order valence-electron chi connectivity index (χ0n) is 8.40. The maximum absolute atomic E-state index is 11.8. The summed E-state index contributed by atoms with van der Waals surface area (Å²) in [5, 5.41) is 10.7. The van der Waals surface area contributed by atoms with Crippen LogP contribution in [0.15, 0.2) is 0 Å². The summed E-state index contributed by atoms with van der Waals surface area (Å²) < 4.78 is 35.3. The lowest BCUT2D eigenvalue weighted by Crippen LogP contribution is -2.34. The van der Waals surface area contributed by atoms with E-state index in [0.717, 1.165) is 0 Å². The Hall–Kier alpha value is -1.25. The van der Waals surface area contributed by atoms with Crippen LogP contribution in [0, 0.1) is 11.3 Å². The van der Waals surface area contributed by atoms with Crippen molar-refractivity contribution in [3.63, 3.8) is 0 Å². The van der Waals surface area contributed by atoms with Crippen molar-refractivity contribution in [2.24, 2.45) is 0 Å². The molecule has 0 heterocycles. The number of carbonyl (C=O) groups excluding carboxylic acids is 1. The van der Waals surface area contributed by atoms with Crippen LogP contribution >= 0.6 is 0 Å². The van der Waals surface area contributed by atoms with Gasteiger partial charge in [0.1, 0.15) is 0 Å². The van der Waals surface area contributed by atoms with E-state index in [9.17, 15) is 18.0 Å². The molecule has 1 amide bonds. The van der Waals surface area contributed by atoms with Crippen molar-refractivity contribution < 1.29 is 18.0 Å². The van der Waals surface area contributed by atoms with E-state index < -0.39 is 24.9 Å². The molecule has 0 fully saturated rings. The minimum atomic E-state index is -4.31. The highest BCUT2D eigenvalue weighted by atomic mass is 19.4. The van der Waals surface area contributed by atoms with E-state index in [1.165, 1.54) is 0 Å². The topological polar surface area (TPSA) is 52.9 Å². The summed E-state index contributed by atoms with van der Waals surface area (Å²) in [5.74, 6) is -0.658. The quantitative estimate of drug-likeness (QED) is 0.774. The molecule has 0 spiro atoms. The van der Waals surface area contributed by atoms with Crippen LogP contribution in [0.25, 0.3) is 0 Å². The second-order valence-corrected chi connectivity index (χ2v) is 3.15. The third-order valence-electron chi connectivity index (χ3n) is 1.83. The second-order valence-electron chi connectivity index (χ2n) is 3.15. The van der Waals surface area contributed by atoms with Crippen molar-refractivity contribution in [3.05, 3.63) is 0 Å². The van der Waals surface area contributed by atoms with Gasteiger partial charge in [-0.1, -0.05) is 6.92 Å². The number of alkyl halides is 3. The number of nitriles is 1. The highest BCUT2D eigenvalue weighted by Gasteiger charge is 2.28. The third kappa shape index (κ3) is 7.79. The number of hydrogen-bond donors (Lipinski definition) is 1. The third-order valence-corrected chi connectivity index (χ3v) is 1.83. The van der Waals surface area contributed by atoms with Gasteiger partial charge < -0.3 is 5.32 Å². The lowest BCUT2D eigenvalue weighted by Gasteiger charge is -2.13. The average molecular weight is 222 g/mol. The molecule has 3 nitrogen and oxygen atoms in total. The minimum absolute atomic E-state index is 0.119. The molecular weight excluding hydrogens is 209 g/mol. The zero-order chi connectivity index (χ0) is 11.9. The van der Waals surface area contributed by atoms with Gasteiger partial charge in [-0.25, -0.2) is 0 Å². The number of amides is 1. The Morgan fingerprint density at radius 2 is 2.13 bits per heavy atom. The molecule has 0 bridgehead atoms. The lowest BCUT2D eigenvalue weighted by atomic mass is 10.1. The van der Waals surface area contributed by atoms with Crippen LogP contribution in [0.5, 0.6) is 0 Å². The molecule has 1 unspecified atom stereocenters. The van der Waals surface area contributed by atoms with Gasteiger partial charge in [0.25, 0.3) is 0 Å². The number of hydrogen-bond acceptors (Lipinski definition) is 2. The van der Waals surface area contributed by atoms with Gasteiger partial charge in [0.05, 0.1) is 18.9 Å². The first-order valence-electron chi connectivity index (χ1n) is 4.62. The van der Waals surface area contributed by atoms with E-state index in [0.29, 0.717) is 6.42 Å². The predicted molar refractivity (Wildman–Crippen MR) is 47.7 cm³/mol. The Bertz CT molecular complexity index is 245. The largest absolute Gasteiger partial charge is 0.389 e.